The molecule has 0 saturated carbocycles. The Kier molecular flexibility index (Phi) is 2.82. The second-order valence-corrected chi connectivity index (χ2v) is 6.55. The number of para-hydroxylation sites is 1. The molecule has 1 aliphatic rings. The largest absolute Gasteiger partial charge is 0.266 e. The summed E-state index contributed by atoms with van der Waals surface area (Å²) in [6.45, 7) is 2.35. The van der Waals surface area contributed by atoms with Gasteiger partial charge >= 0.3 is 0 Å². The Labute approximate surface area is 113 Å². The highest BCUT2D eigenvalue weighted by Gasteiger charge is 2.31. The van der Waals surface area contributed by atoms with Crippen molar-refractivity contribution in [3.63, 3.8) is 0 Å². The van der Waals surface area contributed by atoms with E-state index in [1.807, 2.05) is 43.3 Å². The normalized spacial score (nSPS) is 14.5. The van der Waals surface area contributed by atoms with Crippen LogP contribution >= 0.6 is 0 Å². The van der Waals surface area contributed by atoms with Gasteiger partial charge in [0, 0.05) is 6.54 Å². The van der Waals surface area contributed by atoms with Crippen LogP contribution in [0.2, 0.25) is 0 Å². The van der Waals surface area contributed by atoms with Crippen molar-refractivity contribution < 1.29 is 8.42 Å². The van der Waals surface area contributed by atoms with Crippen LogP contribution in [-0.2, 0) is 16.4 Å². The van der Waals surface area contributed by atoms with Crippen molar-refractivity contribution in [1.29, 1.82) is 0 Å². The van der Waals surface area contributed by atoms with Crippen LogP contribution in [-0.4, -0.2) is 15.0 Å². The number of fused-ring (bicyclic) bond motifs is 1. The average Bonchev–Trinajstić information content (AvgIpc) is 2.83. The summed E-state index contributed by atoms with van der Waals surface area (Å²) in [6.07, 6.45) is 0.779. The molecule has 19 heavy (non-hydrogen) atoms. The summed E-state index contributed by atoms with van der Waals surface area (Å²) in [6, 6.07) is 14.8. The van der Waals surface area contributed by atoms with Crippen molar-refractivity contribution >= 4 is 15.7 Å². The van der Waals surface area contributed by atoms with Gasteiger partial charge in [-0.05, 0) is 36.6 Å². The average molecular weight is 273 g/mol. The van der Waals surface area contributed by atoms with Crippen molar-refractivity contribution in [2.75, 3.05) is 10.8 Å². The summed E-state index contributed by atoms with van der Waals surface area (Å²) in [4.78, 5) is 0.395. The maximum absolute atomic E-state index is 12.7. The number of anilines is 1. The fourth-order valence-corrected chi connectivity index (χ4v) is 4.25. The van der Waals surface area contributed by atoms with Gasteiger partial charge in [-0.1, -0.05) is 36.4 Å². The van der Waals surface area contributed by atoms with E-state index in [4.69, 9.17) is 0 Å². The molecule has 2 aromatic carbocycles. The standard InChI is InChI=1S/C15H15NO2S/c1-12-6-2-5-9-15(12)19(17,18)16-11-10-13-7-3-4-8-14(13)16/h2-9H,10-11H2,1H3. The van der Waals surface area contributed by atoms with E-state index in [2.05, 4.69) is 0 Å². The number of hydrogen-bond donors (Lipinski definition) is 0. The summed E-state index contributed by atoms with van der Waals surface area (Å²) < 4.78 is 27.0. The number of nitrogens with zero attached hydrogens (tertiary/aromatic N) is 1. The molecule has 98 valence electrons. The molecule has 0 spiro atoms. The van der Waals surface area contributed by atoms with Gasteiger partial charge in [0.2, 0.25) is 0 Å². The maximum Gasteiger partial charge on any atom is 0.264 e. The second kappa shape index (κ2) is 4.38. The quantitative estimate of drug-likeness (QED) is 0.843. The summed E-state index contributed by atoms with van der Waals surface area (Å²) in [7, 11) is -3.45. The molecular weight excluding hydrogens is 258 g/mol. The molecule has 2 aromatic rings. The van der Waals surface area contributed by atoms with Gasteiger partial charge in [-0.3, -0.25) is 4.31 Å². The van der Waals surface area contributed by atoms with E-state index < -0.39 is 10.0 Å². The SMILES string of the molecule is Cc1ccccc1S(=O)(=O)N1CCc2ccccc21. The third kappa shape index (κ3) is 1.92. The number of sulfonamides is 1. The summed E-state index contributed by atoms with van der Waals surface area (Å²) in [5.74, 6) is 0. The lowest BCUT2D eigenvalue weighted by Crippen LogP contribution is -2.29. The Hall–Kier alpha value is -1.81. The van der Waals surface area contributed by atoms with Crippen molar-refractivity contribution in [1.82, 2.24) is 0 Å². The Morgan fingerprint density at radius 1 is 1.00 bits per heavy atom. The fraction of sp³-hybridized carbons (Fsp3) is 0.200. The fourth-order valence-electron chi connectivity index (χ4n) is 2.52. The molecule has 0 N–H and O–H groups in total. The number of aryl methyl sites for hydroxylation is 1. The molecule has 0 fully saturated rings. The topological polar surface area (TPSA) is 37.4 Å². The van der Waals surface area contributed by atoms with Gasteiger partial charge < -0.3 is 0 Å². The van der Waals surface area contributed by atoms with Crippen LogP contribution in [0.5, 0.6) is 0 Å². The third-order valence-electron chi connectivity index (χ3n) is 3.51. The highest BCUT2D eigenvalue weighted by atomic mass is 32.2. The molecule has 0 aromatic heterocycles. The lowest BCUT2D eigenvalue weighted by Gasteiger charge is -2.20. The van der Waals surface area contributed by atoms with E-state index in [0.29, 0.717) is 11.4 Å². The Morgan fingerprint density at radius 3 is 2.47 bits per heavy atom. The van der Waals surface area contributed by atoms with E-state index in [9.17, 15) is 8.42 Å². The van der Waals surface area contributed by atoms with Gasteiger partial charge in [0.25, 0.3) is 10.0 Å². The minimum atomic E-state index is -3.45. The van der Waals surface area contributed by atoms with E-state index in [-0.39, 0.29) is 0 Å². The molecule has 1 aliphatic heterocycles. The van der Waals surface area contributed by atoms with Crippen LogP contribution in [0.1, 0.15) is 11.1 Å². The minimum absolute atomic E-state index is 0.395. The molecule has 4 heteroatoms. The van der Waals surface area contributed by atoms with Gasteiger partial charge in [0.1, 0.15) is 0 Å². The van der Waals surface area contributed by atoms with Crippen molar-refractivity contribution in [3.8, 4) is 0 Å². The van der Waals surface area contributed by atoms with Crippen LogP contribution in [0.3, 0.4) is 0 Å². The van der Waals surface area contributed by atoms with E-state index in [0.717, 1.165) is 23.2 Å². The molecule has 3 nitrogen and oxygen atoms in total. The van der Waals surface area contributed by atoms with Crippen molar-refractivity contribution in [2.24, 2.45) is 0 Å². The van der Waals surface area contributed by atoms with Gasteiger partial charge in [0.05, 0.1) is 10.6 Å². The van der Waals surface area contributed by atoms with Crippen molar-refractivity contribution in [2.45, 2.75) is 18.2 Å². The highest BCUT2D eigenvalue weighted by Crippen LogP contribution is 2.33. The first-order chi connectivity index (χ1) is 9.10. The molecular formula is C15H15NO2S. The molecule has 0 amide bonds. The molecule has 0 radical (unpaired) electrons. The third-order valence-corrected chi connectivity index (χ3v) is 5.48. The zero-order valence-electron chi connectivity index (χ0n) is 10.7. The molecule has 0 atom stereocenters. The van der Waals surface area contributed by atoms with Crippen LogP contribution in [0.25, 0.3) is 0 Å². The molecule has 3 rings (SSSR count). The highest BCUT2D eigenvalue weighted by molar-refractivity contribution is 7.93. The molecule has 0 bridgehead atoms. The second-order valence-electron chi connectivity index (χ2n) is 4.72. The Bertz CT molecular complexity index is 722. The number of benzene rings is 2. The minimum Gasteiger partial charge on any atom is -0.266 e. The Morgan fingerprint density at radius 2 is 1.68 bits per heavy atom. The van der Waals surface area contributed by atoms with E-state index in [1.165, 1.54) is 4.31 Å². The van der Waals surface area contributed by atoms with Crippen LogP contribution in [0, 0.1) is 6.92 Å². The Balaban J connectivity index is 2.11. The lowest BCUT2D eigenvalue weighted by atomic mass is 10.2. The molecule has 0 saturated heterocycles. The van der Waals surface area contributed by atoms with Crippen LogP contribution in [0.15, 0.2) is 53.4 Å². The molecule has 1 heterocycles. The van der Waals surface area contributed by atoms with Crippen molar-refractivity contribution in [3.05, 3.63) is 59.7 Å². The van der Waals surface area contributed by atoms with Gasteiger partial charge in [-0.2, -0.15) is 0 Å². The van der Waals surface area contributed by atoms with Gasteiger partial charge in [0.15, 0.2) is 0 Å². The number of hydrogen-bond acceptors (Lipinski definition) is 2. The first kappa shape index (κ1) is 12.2. The number of rotatable bonds is 2. The predicted octanol–water partition coefficient (Wildman–Crippen LogP) is 2.75. The summed E-state index contributed by atoms with van der Waals surface area (Å²) in [5.41, 5.74) is 2.69. The summed E-state index contributed by atoms with van der Waals surface area (Å²) in [5, 5.41) is 0. The van der Waals surface area contributed by atoms with Crippen LogP contribution in [0.4, 0.5) is 5.69 Å². The first-order valence-electron chi connectivity index (χ1n) is 6.27. The first-order valence-corrected chi connectivity index (χ1v) is 7.71. The lowest BCUT2D eigenvalue weighted by molar-refractivity contribution is 0.591. The van der Waals surface area contributed by atoms with Crippen LogP contribution < -0.4 is 4.31 Å². The van der Waals surface area contributed by atoms with Gasteiger partial charge in [-0.25, -0.2) is 8.42 Å². The zero-order chi connectivity index (χ0) is 13.5. The smallest absolute Gasteiger partial charge is 0.264 e. The summed E-state index contributed by atoms with van der Waals surface area (Å²) >= 11 is 0. The predicted molar refractivity (Wildman–Crippen MR) is 75.9 cm³/mol. The monoisotopic (exact) mass is 273 g/mol. The van der Waals surface area contributed by atoms with E-state index >= 15 is 0 Å². The maximum atomic E-state index is 12.7. The molecule has 0 aliphatic carbocycles. The molecule has 0 unspecified atom stereocenters. The zero-order valence-corrected chi connectivity index (χ0v) is 11.5. The van der Waals surface area contributed by atoms with Gasteiger partial charge in [-0.15, -0.1) is 0 Å². The van der Waals surface area contributed by atoms with E-state index in [1.54, 1.807) is 12.1 Å².